The molecule has 2 aromatic carbocycles. The lowest BCUT2D eigenvalue weighted by atomic mass is 9.92. The molecule has 0 aromatic heterocycles. The Bertz CT molecular complexity index is 797. The van der Waals surface area contributed by atoms with Gasteiger partial charge in [0.05, 0.1) is 6.04 Å². The van der Waals surface area contributed by atoms with E-state index in [-0.39, 0.29) is 11.9 Å². The van der Waals surface area contributed by atoms with Gasteiger partial charge in [-0.25, -0.2) is 0 Å². The van der Waals surface area contributed by atoms with E-state index in [0.29, 0.717) is 0 Å². The minimum Gasteiger partial charge on any atom is -0.481 e. The number of carbonyl (C=O) groups excluding carboxylic acids is 1. The van der Waals surface area contributed by atoms with E-state index < -0.39 is 6.10 Å². The standard InChI is InChI=1S/C23H29NO2/c1-15-9-12-22(16(2)13-15)17(3)24-23(25)18(4)26-21-11-10-19-7-5-6-8-20(19)14-21/h9-14,17-18H,5-8H2,1-4H3,(H,24,25)/t17-,18+/m1/s1. The first-order chi connectivity index (χ1) is 12.4. The molecule has 2 atom stereocenters. The molecule has 0 heterocycles. The summed E-state index contributed by atoms with van der Waals surface area (Å²) in [6.45, 7) is 7.98. The van der Waals surface area contributed by atoms with Crippen LogP contribution < -0.4 is 10.1 Å². The third-order valence-corrected chi connectivity index (χ3v) is 5.25. The number of rotatable bonds is 5. The van der Waals surface area contributed by atoms with Gasteiger partial charge in [-0.05, 0) is 87.8 Å². The molecule has 1 N–H and O–H groups in total. The summed E-state index contributed by atoms with van der Waals surface area (Å²) in [6.07, 6.45) is 4.24. The lowest BCUT2D eigenvalue weighted by Gasteiger charge is -2.22. The third kappa shape index (κ3) is 4.27. The minimum atomic E-state index is -0.523. The van der Waals surface area contributed by atoms with Crippen molar-refractivity contribution in [1.82, 2.24) is 5.32 Å². The van der Waals surface area contributed by atoms with Crippen molar-refractivity contribution in [3.05, 3.63) is 64.2 Å². The number of benzene rings is 2. The Kier molecular flexibility index (Phi) is 5.65. The second kappa shape index (κ2) is 7.94. The van der Waals surface area contributed by atoms with E-state index in [9.17, 15) is 4.79 Å². The van der Waals surface area contributed by atoms with Gasteiger partial charge in [-0.3, -0.25) is 4.79 Å². The second-order valence-electron chi connectivity index (χ2n) is 7.49. The zero-order valence-electron chi connectivity index (χ0n) is 16.3. The van der Waals surface area contributed by atoms with E-state index in [4.69, 9.17) is 4.74 Å². The number of amides is 1. The molecule has 1 amide bonds. The van der Waals surface area contributed by atoms with Gasteiger partial charge in [0.2, 0.25) is 0 Å². The number of fused-ring (bicyclic) bond motifs is 1. The molecule has 2 aromatic rings. The van der Waals surface area contributed by atoms with E-state index in [1.54, 1.807) is 0 Å². The maximum Gasteiger partial charge on any atom is 0.261 e. The van der Waals surface area contributed by atoms with E-state index >= 15 is 0 Å². The molecule has 3 rings (SSSR count). The molecule has 138 valence electrons. The summed E-state index contributed by atoms with van der Waals surface area (Å²) >= 11 is 0. The first-order valence-corrected chi connectivity index (χ1v) is 9.60. The van der Waals surface area contributed by atoms with Gasteiger partial charge in [0.25, 0.3) is 5.91 Å². The van der Waals surface area contributed by atoms with Crippen molar-refractivity contribution in [3.63, 3.8) is 0 Å². The molecule has 1 aliphatic rings. The highest BCUT2D eigenvalue weighted by molar-refractivity contribution is 5.81. The maximum absolute atomic E-state index is 12.6. The fourth-order valence-electron chi connectivity index (χ4n) is 3.76. The summed E-state index contributed by atoms with van der Waals surface area (Å²) in [6, 6.07) is 12.5. The Hall–Kier alpha value is -2.29. The van der Waals surface area contributed by atoms with Gasteiger partial charge >= 0.3 is 0 Å². The molecule has 0 unspecified atom stereocenters. The van der Waals surface area contributed by atoms with Gasteiger partial charge in [0.15, 0.2) is 6.10 Å². The van der Waals surface area contributed by atoms with Crippen molar-refractivity contribution in [3.8, 4) is 5.75 Å². The summed E-state index contributed by atoms with van der Waals surface area (Å²) in [7, 11) is 0. The first kappa shape index (κ1) is 18.5. The second-order valence-corrected chi connectivity index (χ2v) is 7.49. The van der Waals surface area contributed by atoms with E-state index in [1.165, 1.54) is 35.1 Å². The van der Waals surface area contributed by atoms with Crippen molar-refractivity contribution in [2.45, 2.75) is 65.5 Å². The average molecular weight is 351 g/mol. The Morgan fingerprint density at radius 2 is 1.73 bits per heavy atom. The largest absolute Gasteiger partial charge is 0.481 e. The summed E-state index contributed by atoms with van der Waals surface area (Å²) in [5.74, 6) is 0.697. The molecule has 0 aliphatic heterocycles. The number of nitrogens with one attached hydrogen (secondary N) is 1. The maximum atomic E-state index is 12.6. The molecule has 0 bridgehead atoms. The monoisotopic (exact) mass is 351 g/mol. The minimum absolute atomic E-state index is 0.0438. The van der Waals surface area contributed by atoms with Crippen LogP contribution in [0.4, 0.5) is 0 Å². The highest BCUT2D eigenvalue weighted by Crippen LogP contribution is 2.26. The Balaban J connectivity index is 1.62. The van der Waals surface area contributed by atoms with Crippen LogP contribution in [0.25, 0.3) is 0 Å². The molecular formula is C23H29NO2. The van der Waals surface area contributed by atoms with Gasteiger partial charge < -0.3 is 10.1 Å². The van der Waals surface area contributed by atoms with Crippen molar-refractivity contribution in [2.75, 3.05) is 0 Å². The average Bonchev–Trinajstić information content (AvgIpc) is 2.61. The number of hydrogen-bond acceptors (Lipinski definition) is 2. The van der Waals surface area contributed by atoms with Crippen LogP contribution >= 0.6 is 0 Å². The van der Waals surface area contributed by atoms with Gasteiger partial charge in [-0.15, -0.1) is 0 Å². The lowest BCUT2D eigenvalue weighted by Crippen LogP contribution is -2.38. The van der Waals surface area contributed by atoms with Crippen molar-refractivity contribution in [1.29, 1.82) is 0 Å². The van der Waals surface area contributed by atoms with Gasteiger partial charge in [-0.1, -0.05) is 29.8 Å². The van der Waals surface area contributed by atoms with Crippen LogP contribution in [0.1, 0.15) is 60.5 Å². The summed E-state index contributed by atoms with van der Waals surface area (Å²) < 4.78 is 5.92. The molecule has 26 heavy (non-hydrogen) atoms. The number of aryl methyl sites for hydroxylation is 4. The van der Waals surface area contributed by atoms with Gasteiger partial charge in [-0.2, -0.15) is 0 Å². The molecular weight excluding hydrogens is 322 g/mol. The van der Waals surface area contributed by atoms with Crippen molar-refractivity contribution in [2.24, 2.45) is 0 Å². The third-order valence-electron chi connectivity index (χ3n) is 5.25. The predicted octanol–water partition coefficient (Wildman–Crippen LogP) is 4.83. The number of carbonyl (C=O) groups is 1. The summed E-state index contributed by atoms with van der Waals surface area (Å²) in [5.41, 5.74) is 6.36. The number of ether oxygens (including phenoxy) is 1. The van der Waals surface area contributed by atoms with Gasteiger partial charge in [0, 0.05) is 0 Å². The molecule has 1 aliphatic carbocycles. The molecule has 0 spiro atoms. The quantitative estimate of drug-likeness (QED) is 0.838. The molecule has 0 saturated carbocycles. The molecule has 3 heteroatoms. The van der Waals surface area contributed by atoms with E-state index in [1.807, 2.05) is 19.9 Å². The molecule has 3 nitrogen and oxygen atoms in total. The zero-order valence-corrected chi connectivity index (χ0v) is 16.3. The molecule has 0 radical (unpaired) electrons. The van der Waals surface area contributed by atoms with Crippen molar-refractivity contribution >= 4 is 5.91 Å². The van der Waals surface area contributed by atoms with Crippen LogP contribution in [0.3, 0.4) is 0 Å². The Morgan fingerprint density at radius 1 is 1.00 bits per heavy atom. The molecule has 0 fully saturated rings. The SMILES string of the molecule is Cc1ccc([C@@H](C)NC(=O)[C@H](C)Oc2ccc3c(c2)CCCC3)c(C)c1. The Morgan fingerprint density at radius 3 is 2.46 bits per heavy atom. The van der Waals surface area contributed by atoms with Gasteiger partial charge in [0.1, 0.15) is 5.75 Å². The normalized spacial score (nSPS) is 15.7. The smallest absolute Gasteiger partial charge is 0.261 e. The summed E-state index contributed by atoms with van der Waals surface area (Å²) in [4.78, 5) is 12.6. The fourth-order valence-corrected chi connectivity index (χ4v) is 3.76. The van der Waals surface area contributed by atoms with Crippen LogP contribution in [0.2, 0.25) is 0 Å². The van der Waals surface area contributed by atoms with Crippen LogP contribution in [-0.4, -0.2) is 12.0 Å². The highest BCUT2D eigenvalue weighted by atomic mass is 16.5. The fraction of sp³-hybridized carbons (Fsp3) is 0.435. The Labute approximate surface area is 156 Å². The predicted molar refractivity (Wildman–Crippen MR) is 106 cm³/mol. The highest BCUT2D eigenvalue weighted by Gasteiger charge is 2.19. The van der Waals surface area contributed by atoms with Crippen molar-refractivity contribution < 1.29 is 9.53 Å². The molecule has 0 saturated heterocycles. The lowest BCUT2D eigenvalue weighted by molar-refractivity contribution is -0.127. The van der Waals surface area contributed by atoms with Crippen LogP contribution in [0.15, 0.2) is 36.4 Å². The first-order valence-electron chi connectivity index (χ1n) is 9.60. The zero-order chi connectivity index (χ0) is 18.7. The summed E-state index contributed by atoms with van der Waals surface area (Å²) in [5, 5.41) is 3.07. The topological polar surface area (TPSA) is 38.3 Å². The van der Waals surface area contributed by atoms with Crippen LogP contribution in [-0.2, 0) is 17.6 Å². The number of hydrogen-bond donors (Lipinski definition) is 1. The van der Waals surface area contributed by atoms with Crippen LogP contribution in [0.5, 0.6) is 5.75 Å². The van der Waals surface area contributed by atoms with Crippen LogP contribution in [0, 0.1) is 13.8 Å². The van der Waals surface area contributed by atoms with E-state index in [2.05, 4.69) is 49.5 Å². The van der Waals surface area contributed by atoms with E-state index in [0.717, 1.165) is 24.2 Å².